The molecule has 1 fully saturated rings. The van der Waals surface area contributed by atoms with Gasteiger partial charge in [-0.1, -0.05) is 19.1 Å². The van der Waals surface area contributed by atoms with E-state index >= 15 is 0 Å². The lowest BCUT2D eigenvalue weighted by molar-refractivity contribution is 0.111. The standard InChI is InChI=1S/C15H21NO2/c1-13(10-16-8-4-5-9-16)12-18-15-7-3-2-6-14(15)11-17/h2-3,6-7,11,13H,4-5,8-10,12H2,1H3. The van der Waals surface area contributed by atoms with Crippen molar-refractivity contribution in [3.8, 4) is 5.75 Å². The molecule has 1 saturated heterocycles. The van der Waals surface area contributed by atoms with Gasteiger partial charge in [-0.2, -0.15) is 0 Å². The Morgan fingerprint density at radius 1 is 1.33 bits per heavy atom. The molecule has 0 aromatic heterocycles. The summed E-state index contributed by atoms with van der Waals surface area (Å²) >= 11 is 0. The van der Waals surface area contributed by atoms with E-state index in [1.807, 2.05) is 18.2 Å². The summed E-state index contributed by atoms with van der Waals surface area (Å²) in [6.45, 7) is 6.39. The van der Waals surface area contributed by atoms with E-state index in [2.05, 4.69) is 11.8 Å². The van der Waals surface area contributed by atoms with Crippen LogP contribution in [-0.2, 0) is 0 Å². The van der Waals surface area contributed by atoms with E-state index in [4.69, 9.17) is 4.74 Å². The number of carbonyl (C=O) groups is 1. The second-order valence-electron chi connectivity index (χ2n) is 5.08. The Bertz CT molecular complexity index is 386. The number of benzene rings is 1. The number of para-hydroxylation sites is 1. The third-order valence-corrected chi connectivity index (χ3v) is 3.34. The van der Waals surface area contributed by atoms with Crippen LogP contribution in [0.25, 0.3) is 0 Å². The Labute approximate surface area is 109 Å². The van der Waals surface area contributed by atoms with E-state index < -0.39 is 0 Å². The highest BCUT2D eigenvalue weighted by Gasteiger charge is 2.15. The SMILES string of the molecule is CC(COc1ccccc1C=O)CN1CCCC1. The molecule has 0 radical (unpaired) electrons. The number of ether oxygens (including phenoxy) is 1. The van der Waals surface area contributed by atoms with Crippen LogP contribution in [0.4, 0.5) is 0 Å². The van der Waals surface area contributed by atoms with E-state index in [0.29, 0.717) is 23.8 Å². The first-order valence-corrected chi connectivity index (χ1v) is 6.69. The molecule has 0 spiro atoms. The molecule has 0 amide bonds. The van der Waals surface area contributed by atoms with Crippen LogP contribution in [-0.4, -0.2) is 37.4 Å². The Balaban J connectivity index is 1.81. The van der Waals surface area contributed by atoms with Gasteiger partial charge in [0.15, 0.2) is 6.29 Å². The molecular weight excluding hydrogens is 226 g/mol. The molecular formula is C15H21NO2. The number of nitrogens with zero attached hydrogens (tertiary/aromatic N) is 1. The molecule has 1 unspecified atom stereocenters. The zero-order valence-corrected chi connectivity index (χ0v) is 11.0. The van der Waals surface area contributed by atoms with Crippen molar-refractivity contribution in [2.75, 3.05) is 26.2 Å². The summed E-state index contributed by atoms with van der Waals surface area (Å²) in [5.41, 5.74) is 0.630. The average Bonchev–Trinajstić information content (AvgIpc) is 2.89. The molecule has 1 heterocycles. The molecule has 18 heavy (non-hydrogen) atoms. The van der Waals surface area contributed by atoms with Gasteiger partial charge in [0.25, 0.3) is 0 Å². The molecule has 2 rings (SSSR count). The minimum atomic E-state index is 0.489. The Morgan fingerprint density at radius 2 is 2.06 bits per heavy atom. The van der Waals surface area contributed by atoms with E-state index in [9.17, 15) is 4.79 Å². The zero-order chi connectivity index (χ0) is 12.8. The first-order valence-electron chi connectivity index (χ1n) is 6.69. The third-order valence-electron chi connectivity index (χ3n) is 3.34. The van der Waals surface area contributed by atoms with Crippen molar-refractivity contribution in [1.82, 2.24) is 4.90 Å². The van der Waals surface area contributed by atoms with E-state index in [0.717, 1.165) is 12.8 Å². The van der Waals surface area contributed by atoms with E-state index in [1.165, 1.54) is 25.9 Å². The van der Waals surface area contributed by atoms with Crippen molar-refractivity contribution >= 4 is 6.29 Å². The predicted octanol–water partition coefficient (Wildman–Crippen LogP) is 2.61. The summed E-state index contributed by atoms with van der Waals surface area (Å²) in [7, 11) is 0. The van der Waals surface area contributed by atoms with Crippen molar-refractivity contribution in [3.63, 3.8) is 0 Å². The van der Waals surface area contributed by atoms with E-state index in [-0.39, 0.29) is 0 Å². The Hall–Kier alpha value is -1.35. The van der Waals surface area contributed by atoms with Gasteiger partial charge in [0.1, 0.15) is 5.75 Å². The molecule has 1 aromatic carbocycles. The van der Waals surface area contributed by atoms with Crippen LogP contribution in [0, 0.1) is 5.92 Å². The van der Waals surface area contributed by atoms with Crippen LogP contribution in [0.2, 0.25) is 0 Å². The molecule has 0 aliphatic carbocycles. The van der Waals surface area contributed by atoms with Crippen LogP contribution in [0.3, 0.4) is 0 Å². The molecule has 0 N–H and O–H groups in total. The van der Waals surface area contributed by atoms with Gasteiger partial charge < -0.3 is 9.64 Å². The molecule has 1 aliphatic rings. The summed E-state index contributed by atoms with van der Waals surface area (Å²) in [5.74, 6) is 1.18. The van der Waals surface area contributed by atoms with Crippen LogP contribution < -0.4 is 4.74 Å². The summed E-state index contributed by atoms with van der Waals surface area (Å²) in [6.07, 6.45) is 3.49. The zero-order valence-electron chi connectivity index (χ0n) is 11.0. The molecule has 1 aliphatic heterocycles. The summed E-state index contributed by atoms with van der Waals surface area (Å²) in [6, 6.07) is 7.39. The van der Waals surface area contributed by atoms with Gasteiger partial charge in [-0.05, 0) is 38.1 Å². The fourth-order valence-corrected chi connectivity index (χ4v) is 2.40. The first-order chi connectivity index (χ1) is 8.79. The highest BCUT2D eigenvalue weighted by Crippen LogP contribution is 2.17. The minimum Gasteiger partial charge on any atom is -0.493 e. The first kappa shape index (κ1) is 13.1. The minimum absolute atomic E-state index is 0.489. The fourth-order valence-electron chi connectivity index (χ4n) is 2.40. The maximum atomic E-state index is 10.9. The van der Waals surface area contributed by atoms with Crippen molar-refractivity contribution in [2.24, 2.45) is 5.92 Å². The maximum Gasteiger partial charge on any atom is 0.153 e. The fraction of sp³-hybridized carbons (Fsp3) is 0.533. The molecule has 3 heteroatoms. The van der Waals surface area contributed by atoms with Gasteiger partial charge in [0.2, 0.25) is 0 Å². The summed E-state index contributed by atoms with van der Waals surface area (Å²) < 4.78 is 5.74. The molecule has 3 nitrogen and oxygen atoms in total. The number of likely N-dealkylation sites (tertiary alicyclic amines) is 1. The largest absolute Gasteiger partial charge is 0.493 e. The van der Waals surface area contributed by atoms with Crippen molar-refractivity contribution in [1.29, 1.82) is 0 Å². The second kappa shape index (κ2) is 6.55. The maximum absolute atomic E-state index is 10.9. The van der Waals surface area contributed by atoms with Crippen LogP contribution in [0.15, 0.2) is 24.3 Å². The van der Waals surface area contributed by atoms with Crippen molar-refractivity contribution < 1.29 is 9.53 Å². The molecule has 98 valence electrons. The lowest BCUT2D eigenvalue weighted by Crippen LogP contribution is -2.28. The molecule has 1 atom stereocenters. The number of rotatable bonds is 6. The van der Waals surface area contributed by atoms with Crippen LogP contribution >= 0.6 is 0 Å². The topological polar surface area (TPSA) is 29.5 Å². The molecule has 1 aromatic rings. The van der Waals surface area contributed by atoms with E-state index in [1.54, 1.807) is 6.07 Å². The smallest absolute Gasteiger partial charge is 0.153 e. The van der Waals surface area contributed by atoms with Gasteiger partial charge >= 0.3 is 0 Å². The van der Waals surface area contributed by atoms with Crippen molar-refractivity contribution in [3.05, 3.63) is 29.8 Å². The lowest BCUT2D eigenvalue weighted by Gasteiger charge is -2.20. The van der Waals surface area contributed by atoms with Gasteiger partial charge in [-0.25, -0.2) is 0 Å². The number of hydrogen-bond donors (Lipinski definition) is 0. The van der Waals surface area contributed by atoms with Gasteiger partial charge in [0.05, 0.1) is 12.2 Å². The van der Waals surface area contributed by atoms with Crippen LogP contribution in [0.1, 0.15) is 30.1 Å². The highest BCUT2D eigenvalue weighted by molar-refractivity contribution is 5.79. The monoisotopic (exact) mass is 247 g/mol. The predicted molar refractivity (Wildman–Crippen MR) is 72.2 cm³/mol. The summed E-state index contributed by atoms with van der Waals surface area (Å²) in [5, 5.41) is 0. The van der Waals surface area contributed by atoms with Gasteiger partial charge in [0, 0.05) is 12.5 Å². The Kier molecular flexibility index (Phi) is 4.76. The second-order valence-corrected chi connectivity index (χ2v) is 5.08. The van der Waals surface area contributed by atoms with Crippen LogP contribution in [0.5, 0.6) is 5.75 Å². The van der Waals surface area contributed by atoms with Gasteiger partial charge in [-0.15, -0.1) is 0 Å². The number of aldehydes is 1. The van der Waals surface area contributed by atoms with Crippen molar-refractivity contribution in [2.45, 2.75) is 19.8 Å². The van der Waals surface area contributed by atoms with Gasteiger partial charge in [-0.3, -0.25) is 4.79 Å². The molecule has 0 saturated carbocycles. The normalized spacial score (nSPS) is 17.6. The summed E-state index contributed by atoms with van der Waals surface area (Å²) in [4.78, 5) is 13.3. The highest BCUT2D eigenvalue weighted by atomic mass is 16.5. The number of carbonyl (C=O) groups excluding carboxylic acids is 1. The Morgan fingerprint density at radius 3 is 2.78 bits per heavy atom. The molecule has 0 bridgehead atoms. The lowest BCUT2D eigenvalue weighted by atomic mass is 10.2. The third kappa shape index (κ3) is 3.57. The number of hydrogen-bond acceptors (Lipinski definition) is 3. The average molecular weight is 247 g/mol. The quantitative estimate of drug-likeness (QED) is 0.724.